The number of fused-ring (bicyclic) bond motifs is 5. The minimum Gasteiger partial charge on any atom is -0.462 e. The minimum atomic E-state index is -0.806. The van der Waals surface area contributed by atoms with Crippen LogP contribution < -0.4 is 0 Å². The SMILES string of the molecule is CCCCCCCCCCCCCCCCCC(=O)OC1C[C@@H](O)C[C@H]2CC[C@@H]3[C@H](CC[C@]4(C)[C@@H](C5=CC(=O)OC5)CC[C@]34O)[C@@]12C. The lowest BCUT2D eigenvalue weighted by atomic mass is 9.42. The molecule has 4 fully saturated rings. The van der Waals surface area contributed by atoms with E-state index in [4.69, 9.17) is 9.47 Å². The summed E-state index contributed by atoms with van der Waals surface area (Å²) in [5, 5.41) is 23.5. The lowest BCUT2D eigenvalue weighted by molar-refractivity contribution is -0.237. The van der Waals surface area contributed by atoms with Gasteiger partial charge in [-0.25, -0.2) is 4.79 Å². The van der Waals surface area contributed by atoms with Crippen molar-refractivity contribution < 1.29 is 29.3 Å². The van der Waals surface area contributed by atoms with Gasteiger partial charge in [-0.05, 0) is 80.6 Å². The Balaban J connectivity index is 1.06. The Hall–Kier alpha value is -1.40. The average Bonchev–Trinajstić information content (AvgIpc) is 3.59. The van der Waals surface area contributed by atoms with Crippen LogP contribution in [0.3, 0.4) is 0 Å². The van der Waals surface area contributed by atoms with Gasteiger partial charge in [0.25, 0.3) is 0 Å². The fourth-order valence-corrected chi connectivity index (χ4v) is 11.5. The molecule has 47 heavy (non-hydrogen) atoms. The predicted octanol–water partition coefficient (Wildman–Crippen LogP) is 9.39. The monoisotopic (exact) mass is 657 g/mol. The van der Waals surface area contributed by atoms with Crippen molar-refractivity contribution in [1.82, 2.24) is 0 Å². The highest BCUT2D eigenvalue weighted by molar-refractivity contribution is 5.85. The first kappa shape index (κ1) is 36.9. The highest BCUT2D eigenvalue weighted by Crippen LogP contribution is 2.70. The number of esters is 2. The lowest BCUT2D eigenvalue weighted by Crippen LogP contribution is -2.65. The zero-order valence-corrected chi connectivity index (χ0v) is 30.2. The van der Waals surface area contributed by atoms with E-state index in [1.165, 1.54) is 83.5 Å². The molecule has 6 nitrogen and oxygen atoms in total. The molecular weight excluding hydrogens is 588 g/mol. The van der Waals surface area contributed by atoms with E-state index in [2.05, 4.69) is 20.8 Å². The van der Waals surface area contributed by atoms with Crippen LogP contribution in [0.4, 0.5) is 0 Å². The zero-order valence-electron chi connectivity index (χ0n) is 30.2. The fourth-order valence-electron chi connectivity index (χ4n) is 11.5. The molecule has 2 N–H and O–H groups in total. The van der Waals surface area contributed by atoms with Crippen molar-refractivity contribution in [3.05, 3.63) is 11.6 Å². The summed E-state index contributed by atoms with van der Waals surface area (Å²) < 4.78 is 11.6. The Labute approximate surface area is 286 Å². The second kappa shape index (κ2) is 16.5. The molecule has 268 valence electrons. The molecule has 5 aliphatic rings. The Bertz CT molecular complexity index is 1070. The van der Waals surface area contributed by atoms with Gasteiger partial charge in [0, 0.05) is 29.7 Å². The Kier molecular flexibility index (Phi) is 13.0. The molecule has 0 aromatic carbocycles. The van der Waals surface area contributed by atoms with Gasteiger partial charge in [-0.2, -0.15) is 0 Å². The summed E-state index contributed by atoms with van der Waals surface area (Å²) in [6.45, 7) is 7.20. The number of aliphatic hydroxyl groups excluding tert-OH is 1. The van der Waals surface area contributed by atoms with Crippen LogP contribution in [0.15, 0.2) is 11.6 Å². The summed E-state index contributed by atoms with van der Waals surface area (Å²) in [7, 11) is 0. The van der Waals surface area contributed by atoms with Crippen LogP contribution in [0, 0.1) is 34.5 Å². The molecule has 1 heterocycles. The number of hydrogen-bond acceptors (Lipinski definition) is 6. The summed E-state index contributed by atoms with van der Waals surface area (Å²) in [5.41, 5.74) is -0.281. The van der Waals surface area contributed by atoms with Gasteiger partial charge < -0.3 is 19.7 Å². The van der Waals surface area contributed by atoms with Crippen LogP contribution in [0.5, 0.6) is 0 Å². The van der Waals surface area contributed by atoms with E-state index in [0.717, 1.165) is 63.4 Å². The highest BCUT2D eigenvalue weighted by Gasteiger charge is 2.69. The summed E-state index contributed by atoms with van der Waals surface area (Å²) in [5.74, 6) is 0.490. The maximum atomic E-state index is 13.2. The predicted molar refractivity (Wildman–Crippen MR) is 187 cm³/mol. The van der Waals surface area contributed by atoms with E-state index in [9.17, 15) is 19.8 Å². The van der Waals surface area contributed by atoms with Crippen molar-refractivity contribution in [3.8, 4) is 0 Å². The molecular formula is C41H68O6. The van der Waals surface area contributed by atoms with Crippen LogP contribution in [0.2, 0.25) is 0 Å². The number of carbonyl (C=O) groups excluding carboxylic acids is 2. The smallest absolute Gasteiger partial charge is 0.331 e. The fraction of sp³-hybridized carbons (Fsp3) is 0.902. The van der Waals surface area contributed by atoms with Crippen molar-refractivity contribution in [2.45, 2.75) is 193 Å². The van der Waals surface area contributed by atoms with Crippen LogP contribution in [-0.2, 0) is 19.1 Å². The molecule has 0 saturated heterocycles. The first-order valence-electron chi connectivity index (χ1n) is 20.1. The average molecular weight is 657 g/mol. The summed E-state index contributed by atoms with van der Waals surface area (Å²) in [6.07, 6.45) is 27.6. The molecule has 5 rings (SSSR count). The molecule has 0 aromatic heterocycles. The Morgan fingerprint density at radius 3 is 2.04 bits per heavy atom. The van der Waals surface area contributed by atoms with Gasteiger partial charge in [0.15, 0.2) is 0 Å². The number of cyclic esters (lactones) is 1. The second-order valence-corrected chi connectivity index (χ2v) is 17.0. The van der Waals surface area contributed by atoms with E-state index in [1.807, 2.05) is 0 Å². The van der Waals surface area contributed by atoms with Crippen molar-refractivity contribution >= 4 is 11.9 Å². The maximum absolute atomic E-state index is 13.2. The normalized spacial score (nSPS) is 37.9. The van der Waals surface area contributed by atoms with E-state index in [0.29, 0.717) is 25.4 Å². The minimum absolute atomic E-state index is 0.112. The van der Waals surface area contributed by atoms with Crippen LogP contribution >= 0.6 is 0 Å². The molecule has 4 saturated carbocycles. The van der Waals surface area contributed by atoms with Gasteiger partial charge in [0.05, 0.1) is 11.7 Å². The first-order chi connectivity index (χ1) is 22.6. The number of carbonyl (C=O) groups is 2. The first-order valence-corrected chi connectivity index (χ1v) is 20.1. The van der Waals surface area contributed by atoms with E-state index in [1.54, 1.807) is 6.08 Å². The van der Waals surface area contributed by atoms with E-state index in [-0.39, 0.29) is 46.6 Å². The molecule has 4 aliphatic carbocycles. The van der Waals surface area contributed by atoms with Crippen molar-refractivity contribution in [2.75, 3.05) is 6.61 Å². The molecule has 0 aromatic rings. The number of ether oxygens (including phenoxy) is 2. The topological polar surface area (TPSA) is 93.1 Å². The number of unbranched alkanes of at least 4 members (excludes halogenated alkanes) is 14. The van der Waals surface area contributed by atoms with Gasteiger partial charge in [0.2, 0.25) is 0 Å². The van der Waals surface area contributed by atoms with Gasteiger partial charge in [-0.3, -0.25) is 4.79 Å². The molecule has 1 unspecified atom stereocenters. The third-order valence-electron chi connectivity index (χ3n) is 14.3. The summed E-state index contributed by atoms with van der Waals surface area (Å²) in [4.78, 5) is 25.2. The zero-order chi connectivity index (χ0) is 33.5. The summed E-state index contributed by atoms with van der Waals surface area (Å²) >= 11 is 0. The summed E-state index contributed by atoms with van der Waals surface area (Å²) in [6, 6.07) is 0. The van der Waals surface area contributed by atoms with Crippen LogP contribution in [0.25, 0.3) is 0 Å². The highest BCUT2D eigenvalue weighted by atomic mass is 16.5. The van der Waals surface area contributed by atoms with Gasteiger partial charge >= 0.3 is 11.9 Å². The van der Waals surface area contributed by atoms with Crippen molar-refractivity contribution in [2.24, 2.45) is 34.5 Å². The third kappa shape index (κ3) is 8.00. The quantitative estimate of drug-likeness (QED) is 0.113. The maximum Gasteiger partial charge on any atom is 0.331 e. The molecule has 0 amide bonds. The molecule has 1 aliphatic heterocycles. The van der Waals surface area contributed by atoms with Crippen molar-refractivity contribution in [1.29, 1.82) is 0 Å². The molecule has 0 spiro atoms. The molecule has 9 atom stereocenters. The molecule has 0 bridgehead atoms. The molecule has 6 heteroatoms. The number of rotatable bonds is 18. The van der Waals surface area contributed by atoms with Gasteiger partial charge in [0.1, 0.15) is 12.7 Å². The van der Waals surface area contributed by atoms with Crippen LogP contribution in [0.1, 0.15) is 175 Å². The lowest BCUT2D eigenvalue weighted by Gasteiger charge is -2.64. The van der Waals surface area contributed by atoms with E-state index < -0.39 is 11.7 Å². The van der Waals surface area contributed by atoms with Gasteiger partial charge in [-0.15, -0.1) is 0 Å². The largest absolute Gasteiger partial charge is 0.462 e. The molecule has 0 radical (unpaired) electrons. The standard InChI is InChI=1S/C41H68O6/c1-4-5-6-7-8-9-10-11-12-13-14-15-16-17-18-19-37(43)47-36-28-32(42)27-31-20-21-35-34(40(31,36)3)22-24-39(2)33(23-25-41(35,39)45)30-26-38(44)46-29-30/h26,31-36,42,45H,4-25,27-29H2,1-3H3/t31-,32+,33-,34+,35-,36?,39-,40+,41+/m1/s1. The van der Waals surface area contributed by atoms with E-state index >= 15 is 0 Å². The van der Waals surface area contributed by atoms with Crippen LogP contribution in [-0.4, -0.2) is 46.6 Å². The van der Waals surface area contributed by atoms with Gasteiger partial charge in [-0.1, -0.05) is 111 Å². The Morgan fingerprint density at radius 1 is 0.830 bits per heavy atom. The Morgan fingerprint density at radius 2 is 1.45 bits per heavy atom. The number of aliphatic hydroxyl groups is 2. The van der Waals surface area contributed by atoms with Crippen molar-refractivity contribution in [3.63, 3.8) is 0 Å². The third-order valence-corrected chi connectivity index (χ3v) is 14.3. The number of hydrogen-bond donors (Lipinski definition) is 2. The second-order valence-electron chi connectivity index (χ2n) is 17.0.